The highest BCUT2D eigenvalue weighted by molar-refractivity contribution is 6.30. The molecule has 0 saturated heterocycles. The van der Waals surface area contributed by atoms with Crippen molar-refractivity contribution in [3.05, 3.63) is 70.4 Å². The lowest BCUT2D eigenvalue weighted by atomic mass is 10.2. The van der Waals surface area contributed by atoms with Gasteiger partial charge in [0.1, 0.15) is 5.82 Å². The Hall–Kier alpha value is -3.10. The third-order valence-corrected chi connectivity index (χ3v) is 3.82. The number of nitrogens with one attached hydrogen (secondary N) is 2. The lowest BCUT2D eigenvalue weighted by Crippen LogP contribution is -2.03. The molecule has 0 aliphatic rings. The maximum atomic E-state index is 8.86. The van der Waals surface area contributed by atoms with Crippen LogP contribution in [0.4, 0.5) is 23.1 Å². The van der Waals surface area contributed by atoms with E-state index in [-0.39, 0.29) is 0 Å². The van der Waals surface area contributed by atoms with E-state index in [0.717, 1.165) is 22.6 Å². The van der Waals surface area contributed by atoms with Crippen LogP contribution in [0.2, 0.25) is 5.02 Å². The summed E-state index contributed by atoms with van der Waals surface area (Å²) < 4.78 is 0. The first-order chi connectivity index (χ1) is 12.0. The Labute approximate surface area is 151 Å². The molecule has 0 spiro atoms. The van der Waals surface area contributed by atoms with Gasteiger partial charge in [0.25, 0.3) is 0 Å². The molecule has 2 N–H and O–H groups in total. The zero-order valence-corrected chi connectivity index (χ0v) is 14.6. The fourth-order valence-electron chi connectivity index (χ4n) is 2.31. The van der Waals surface area contributed by atoms with Gasteiger partial charge in [0.2, 0.25) is 5.95 Å². The minimum atomic E-state index is 0.488. The summed E-state index contributed by atoms with van der Waals surface area (Å²) >= 11 is 6.06. The third kappa shape index (κ3) is 4.25. The number of nitrogens with zero attached hydrogens (tertiary/aromatic N) is 3. The number of anilines is 4. The van der Waals surface area contributed by atoms with Crippen molar-refractivity contribution in [2.45, 2.75) is 13.8 Å². The van der Waals surface area contributed by atoms with Gasteiger partial charge in [0.15, 0.2) is 0 Å². The Morgan fingerprint density at radius 2 is 1.72 bits per heavy atom. The molecule has 5 nitrogen and oxygen atoms in total. The topological polar surface area (TPSA) is 73.6 Å². The van der Waals surface area contributed by atoms with Crippen molar-refractivity contribution in [3.63, 3.8) is 0 Å². The molecule has 1 heterocycles. The van der Waals surface area contributed by atoms with Crippen LogP contribution in [0.1, 0.15) is 16.8 Å². The molecule has 0 radical (unpaired) electrons. The summed E-state index contributed by atoms with van der Waals surface area (Å²) in [4.78, 5) is 8.92. The molecule has 25 heavy (non-hydrogen) atoms. The first kappa shape index (κ1) is 16.7. The van der Waals surface area contributed by atoms with Crippen molar-refractivity contribution in [2.75, 3.05) is 10.6 Å². The molecular weight excluding hydrogens is 334 g/mol. The minimum Gasteiger partial charge on any atom is -0.340 e. The fraction of sp³-hybridized carbons (Fsp3) is 0.105. The maximum absolute atomic E-state index is 8.86. The standard InChI is InChI=1S/C19H16ClN5/c1-12-3-6-15(20)10-17(12)24-19-22-13(2)9-18(25-19)23-16-7-4-14(11-21)5-8-16/h3-10H,1-2H3,(H2,22,23,24,25). The molecule has 0 fully saturated rings. The van der Waals surface area contributed by atoms with Gasteiger partial charge < -0.3 is 10.6 Å². The summed E-state index contributed by atoms with van der Waals surface area (Å²) in [5.74, 6) is 1.15. The second kappa shape index (κ2) is 7.20. The smallest absolute Gasteiger partial charge is 0.229 e. The van der Waals surface area contributed by atoms with E-state index in [4.69, 9.17) is 16.9 Å². The van der Waals surface area contributed by atoms with E-state index in [0.29, 0.717) is 22.4 Å². The van der Waals surface area contributed by atoms with Gasteiger partial charge in [0.05, 0.1) is 11.6 Å². The van der Waals surface area contributed by atoms with Gasteiger partial charge in [-0.15, -0.1) is 0 Å². The summed E-state index contributed by atoms with van der Waals surface area (Å²) in [6.45, 7) is 3.89. The summed E-state index contributed by atoms with van der Waals surface area (Å²) in [5.41, 5.74) is 4.21. The average molecular weight is 350 g/mol. The molecule has 0 saturated carbocycles. The molecule has 2 aromatic carbocycles. The molecule has 0 unspecified atom stereocenters. The molecule has 0 aliphatic carbocycles. The van der Waals surface area contributed by atoms with Crippen LogP contribution in [0.15, 0.2) is 48.5 Å². The van der Waals surface area contributed by atoms with Crippen LogP contribution in [-0.4, -0.2) is 9.97 Å². The van der Waals surface area contributed by atoms with Crippen LogP contribution in [0, 0.1) is 25.2 Å². The van der Waals surface area contributed by atoms with Crippen LogP contribution in [0.25, 0.3) is 0 Å². The summed E-state index contributed by atoms with van der Waals surface area (Å²) in [5, 5.41) is 15.9. The third-order valence-electron chi connectivity index (χ3n) is 3.59. The predicted octanol–water partition coefficient (Wildman–Crippen LogP) is 5.11. The van der Waals surface area contributed by atoms with Crippen molar-refractivity contribution in [3.8, 4) is 6.07 Å². The lowest BCUT2D eigenvalue weighted by Gasteiger charge is -2.12. The van der Waals surface area contributed by atoms with E-state index in [9.17, 15) is 0 Å². The van der Waals surface area contributed by atoms with Crippen molar-refractivity contribution in [2.24, 2.45) is 0 Å². The van der Waals surface area contributed by atoms with E-state index in [1.165, 1.54) is 0 Å². The van der Waals surface area contributed by atoms with Crippen LogP contribution in [-0.2, 0) is 0 Å². The van der Waals surface area contributed by atoms with E-state index in [2.05, 4.69) is 26.7 Å². The summed E-state index contributed by atoms with van der Waals surface area (Å²) in [7, 11) is 0. The Morgan fingerprint density at radius 3 is 2.44 bits per heavy atom. The molecule has 0 atom stereocenters. The Morgan fingerprint density at radius 1 is 0.960 bits per heavy atom. The molecule has 0 aliphatic heterocycles. The molecular formula is C19H16ClN5. The molecule has 124 valence electrons. The number of hydrogen-bond acceptors (Lipinski definition) is 5. The van der Waals surface area contributed by atoms with E-state index < -0.39 is 0 Å². The second-order valence-corrected chi connectivity index (χ2v) is 6.05. The Bertz CT molecular complexity index is 945. The van der Waals surface area contributed by atoms with Crippen molar-refractivity contribution in [1.82, 2.24) is 9.97 Å². The first-order valence-electron chi connectivity index (χ1n) is 7.69. The van der Waals surface area contributed by atoms with Crippen molar-refractivity contribution >= 4 is 34.7 Å². The van der Waals surface area contributed by atoms with Crippen LogP contribution in [0.5, 0.6) is 0 Å². The number of hydrogen-bond donors (Lipinski definition) is 2. The maximum Gasteiger partial charge on any atom is 0.229 e. The van der Waals surface area contributed by atoms with Gasteiger partial charge in [-0.25, -0.2) is 4.98 Å². The summed E-state index contributed by atoms with van der Waals surface area (Å²) in [6, 6.07) is 16.8. The van der Waals surface area contributed by atoms with E-state index in [1.54, 1.807) is 12.1 Å². The normalized spacial score (nSPS) is 10.2. The van der Waals surface area contributed by atoms with E-state index >= 15 is 0 Å². The SMILES string of the molecule is Cc1cc(Nc2ccc(C#N)cc2)nc(Nc2cc(Cl)ccc2C)n1. The van der Waals surface area contributed by atoms with Crippen LogP contribution >= 0.6 is 11.6 Å². The number of aryl methyl sites for hydroxylation is 2. The zero-order chi connectivity index (χ0) is 17.8. The number of nitriles is 1. The second-order valence-electron chi connectivity index (χ2n) is 5.62. The molecule has 3 aromatic rings. The summed E-state index contributed by atoms with van der Waals surface area (Å²) in [6.07, 6.45) is 0. The average Bonchev–Trinajstić information content (AvgIpc) is 2.58. The molecule has 0 amide bonds. The highest BCUT2D eigenvalue weighted by atomic mass is 35.5. The highest BCUT2D eigenvalue weighted by Gasteiger charge is 2.06. The van der Waals surface area contributed by atoms with Gasteiger partial charge in [-0.3, -0.25) is 0 Å². The molecule has 0 bridgehead atoms. The predicted molar refractivity (Wildman–Crippen MR) is 101 cm³/mol. The Balaban J connectivity index is 1.84. The first-order valence-corrected chi connectivity index (χ1v) is 8.07. The van der Waals surface area contributed by atoms with Crippen molar-refractivity contribution < 1.29 is 0 Å². The van der Waals surface area contributed by atoms with Gasteiger partial charge >= 0.3 is 0 Å². The largest absolute Gasteiger partial charge is 0.340 e. The van der Waals surface area contributed by atoms with Crippen molar-refractivity contribution in [1.29, 1.82) is 5.26 Å². The van der Waals surface area contributed by atoms with Crippen LogP contribution in [0.3, 0.4) is 0 Å². The van der Waals surface area contributed by atoms with Gasteiger partial charge in [-0.05, 0) is 55.8 Å². The lowest BCUT2D eigenvalue weighted by molar-refractivity contribution is 1.10. The number of aromatic nitrogens is 2. The van der Waals surface area contributed by atoms with E-state index in [1.807, 2.05) is 50.2 Å². The fourth-order valence-corrected chi connectivity index (χ4v) is 2.49. The van der Waals surface area contributed by atoms with Gasteiger partial charge in [0, 0.05) is 28.2 Å². The zero-order valence-electron chi connectivity index (χ0n) is 13.8. The molecule has 3 rings (SSSR count). The van der Waals surface area contributed by atoms with Gasteiger partial charge in [-0.2, -0.15) is 10.2 Å². The van der Waals surface area contributed by atoms with Gasteiger partial charge in [-0.1, -0.05) is 17.7 Å². The highest BCUT2D eigenvalue weighted by Crippen LogP contribution is 2.24. The van der Waals surface area contributed by atoms with Crippen LogP contribution < -0.4 is 10.6 Å². The molecule has 6 heteroatoms. The number of benzene rings is 2. The number of halogens is 1. The monoisotopic (exact) mass is 349 g/mol. The Kier molecular flexibility index (Phi) is 4.82. The molecule has 1 aromatic heterocycles. The quantitative estimate of drug-likeness (QED) is 0.685. The minimum absolute atomic E-state index is 0.488. The number of rotatable bonds is 4.